The maximum absolute atomic E-state index is 14.4. The summed E-state index contributed by atoms with van der Waals surface area (Å²) in [4.78, 5) is 25.3. The molecule has 1 N–H and O–H groups in total. The third kappa shape index (κ3) is 7.62. The van der Waals surface area contributed by atoms with Crippen LogP contribution in [0.2, 0.25) is 0 Å². The van der Waals surface area contributed by atoms with Gasteiger partial charge in [-0.2, -0.15) is 0 Å². The lowest BCUT2D eigenvalue weighted by atomic mass is 9.90. The predicted octanol–water partition coefficient (Wildman–Crippen LogP) is 7.84. The Morgan fingerprint density at radius 2 is 1.34 bits per heavy atom. The van der Waals surface area contributed by atoms with E-state index in [1.165, 1.54) is 36.0 Å². The number of carbonyl (C=O) groups is 1. The maximum atomic E-state index is 14.4. The summed E-state index contributed by atoms with van der Waals surface area (Å²) in [5.74, 6) is -0.164. The van der Waals surface area contributed by atoms with Crippen molar-refractivity contribution >= 4 is 23.4 Å². The molecular formula is C37H30FN5O3S. The lowest BCUT2D eigenvalue weighted by Gasteiger charge is -2.24. The van der Waals surface area contributed by atoms with Gasteiger partial charge in [-0.1, -0.05) is 115 Å². The minimum atomic E-state index is -0.623. The number of carbonyl (C=O) groups excluding carboxylic acids is 1. The molecule has 0 aliphatic rings. The Morgan fingerprint density at radius 1 is 0.766 bits per heavy atom. The normalized spacial score (nSPS) is 11.7. The van der Waals surface area contributed by atoms with Crippen LogP contribution in [0.15, 0.2) is 145 Å². The number of nitro benzene ring substituents is 1. The molecule has 0 bridgehead atoms. The number of non-ortho nitro benzene ring substituents is 1. The maximum Gasteiger partial charge on any atom is 0.269 e. The molecule has 10 heteroatoms. The van der Waals surface area contributed by atoms with E-state index in [0.29, 0.717) is 28.8 Å². The second-order valence-electron chi connectivity index (χ2n) is 10.9. The second kappa shape index (κ2) is 14.7. The highest BCUT2D eigenvalue weighted by molar-refractivity contribution is 7.98. The molecule has 0 saturated carbocycles. The highest BCUT2D eigenvalue weighted by Crippen LogP contribution is 2.32. The van der Waals surface area contributed by atoms with Gasteiger partial charge in [-0.05, 0) is 52.9 Å². The minimum Gasteiger partial charge on any atom is -0.345 e. The number of thioether (sulfide) groups is 1. The van der Waals surface area contributed by atoms with E-state index in [2.05, 4.69) is 15.5 Å². The molecule has 0 aliphatic heterocycles. The first-order valence-corrected chi connectivity index (χ1v) is 16.0. The average molecular weight is 644 g/mol. The van der Waals surface area contributed by atoms with Crippen LogP contribution in [0.3, 0.4) is 0 Å². The average Bonchev–Trinajstić information content (AvgIpc) is 3.53. The number of halogens is 1. The van der Waals surface area contributed by atoms with Gasteiger partial charge < -0.3 is 5.32 Å². The van der Waals surface area contributed by atoms with Crippen molar-refractivity contribution in [2.45, 2.75) is 29.3 Å². The number of nitrogens with one attached hydrogen (secondary N) is 1. The van der Waals surface area contributed by atoms with Gasteiger partial charge in [-0.3, -0.25) is 19.5 Å². The van der Waals surface area contributed by atoms with E-state index in [1.807, 2.05) is 95.6 Å². The molecule has 234 valence electrons. The lowest BCUT2D eigenvalue weighted by Crippen LogP contribution is -2.36. The molecule has 5 aromatic carbocycles. The number of nitro groups is 1. The quantitative estimate of drug-likeness (QED) is 0.0828. The number of nitrogens with zero attached hydrogens (tertiary/aromatic N) is 4. The molecule has 1 unspecified atom stereocenters. The van der Waals surface area contributed by atoms with Gasteiger partial charge in [0.1, 0.15) is 5.82 Å². The van der Waals surface area contributed by atoms with Crippen LogP contribution in [-0.2, 0) is 17.0 Å². The van der Waals surface area contributed by atoms with Crippen molar-refractivity contribution in [1.29, 1.82) is 0 Å². The van der Waals surface area contributed by atoms with Crippen LogP contribution in [0.1, 0.15) is 40.0 Å². The van der Waals surface area contributed by atoms with Crippen LogP contribution >= 0.6 is 11.8 Å². The summed E-state index contributed by atoms with van der Waals surface area (Å²) in [6.07, 6.45) is 0.413. The van der Waals surface area contributed by atoms with Gasteiger partial charge in [0.15, 0.2) is 11.0 Å². The monoisotopic (exact) mass is 643 g/mol. The number of aromatic nitrogens is 3. The van der Waals surface area contributed by atoms with Crippen molar-refractivity contribution in [2.24, 2.45) is 0 Å². The first-order valence-electron chi connectivity index (χ1n) is 15.0. The van der Waals surface area contributed by atoms with E-state index in [1.54, 1.807) is 24.3 Å². The van der Waals surface area contributed by atoms with Crippen molar-refractivity contribution in [1.82, 2.24) is 20.1 Å². The smallest absolute Gasteiger partial charge is 0.269 e. The fraction of sp³-hybridized carbons (Fsp3) is 0.108. The van der Waals surface area contributed by atoms with E-state index in [9.17, 15) is 19.3 Å². The standard InChI is InChI=1S/C37H30FN5O3S/c38-30-18-16-27(17-19-30)25-47-37-41-40-35(42(37)31-20-22-32(23-21-31)43(45)46)33(24-26-10-4-1-5-11-26)39-36(44)34(28-12-6-2-7-13-28)29-14-8-3-9-15-29/h1-23,33-34H,24-25H2,(H,39,44). The van der Waals surface area contributed by atoms with Crippen LogP contribution in [-0.4, -0.2) is 25.6 Å². The summed E-state index contributed by atoms with van der Waals surface area (Å²) in [5.41, 5.74) is 4.12. The Bertz CT molecular complexity index is 1900. The molecule has 47 heavy (non-hydrogen) atoms. The summed E-state index contributed by atoms with van der Waals surface area (Å²) in [5, 5.41) is 24.4. The van der Waals surface area contributed by atoms with Crippen molar-refractivity contribution in [2.75, 3.05) is 0 Å². The molecule has 0 saturated heterocycles. The van der Waals surface area contributed by atoms with E-state index in [-0.39, 0.29) is 17.4 Å². The molecule has 1 heterocycles. The molecule has 8 nitrogen and oxygen atoms in total. The molecule has 0 radical (unpaired) electrons. The number of amides is 1. The van der Waals surface area contributed by atoms with Gasteiger partial charge >= 0.3 is 0 Å². The van der Waals surface area contributed by atoms with Crippen LogP contribution in [0.5, 0.6) is 0 Å². The third-order valence-electron chi connectivity index (χ3n) is 7.70. The molecular weight excluding hydrogens is 614 g/mol. The number of hydrogen-bond acceptors (Lipinski definition) is 6. The highest BCUT2D eigenvalue weighted by Gasteiger charge is 2.29. The Morgan fingerprint density at radius 3 is 1.91 bits per heavy atom. The van der Waals surface area contributed by atoms with E-state index >= 15 is 0 Å². The minimum absolute atomic E-state index is 0.0495. The third-order valence-corrected chi connectivity index (χ3v) is 8.70. The predicted molar refractivity (Wildman–Crippen MR) is 180 cm³/mol. The molecule has 0 spiro atoms. The molecule has 6 rings (SSSR count). The molecule has 1 aromatic heterocycles. The van der Waals surface area contributed by atoms with E-state index < -0.39 is 16.9 Å². The van der Waals surface area contributed by atoms with Crippen molar-refractivity contribution in [3.63, 3.8) is 0 Å². The number of hydrogen-bond donors (Lipinski definition) is 1. The summed E-state index contributed by atoms with van der Waals surface area (Å²) in [6, 6.07) is 40.8. The topological polar surface area (TPSA) is 103 Å². The van der Waals surface area contributed by atoms with Crippen LogP contribution in [0, 0.1) is 15.9 Å². The van der Waals surface area contributed by atoms with Gasteiger partial charge in [0, 0.05) is 23.6 Å². The first-order chi connectivity index (χ1) is 23.0. The zero-order valence-electron chi connectivity index (χ0n) is 25.1. The molecule has 1 atom stereocenters. The Kier molecular flexibility index (Phi) is 9.78. The van der Waals surface area contributed by atoms with Gasteiger partial charge in [-0.25, -0.2) is 4.39 Å². The summed E-state index contributed by atoms with van der Waals surface area (Å²) in [6.45, 7) is 0. The summed E-state index contributed by atoms with van der Waals surface area (Å²) < 4.78 is 15.4. The van der Waals surface area contributed by atoms with E-state index in [4.69, 9.17) is 0 Å². The molecule has 0 aliphatic carbocycles. The Balaban J connectivity index is 1.42. The number of benzene rings is 5. The van der Waals surface area contributed by atoms with Crippen LogP contribution < -0.4 is 5.32 Å². The number of rotatable bonds is 12. The van der Waals surface area contributed by atoms with Crippen molar-refractivity contribution in [3.05, 3.63) is 184 Å². The zero-order valence-corrected chi connectivity index (χ0v) is 26.0. The Hall–Kier alpha value is -5.61. The summed E-state index contributed by atoms with van der Waals surface area (Å²) in [7, 11) is 0. The highest BCUT2D eigenvalue weighted by atomic mass is 32.2. The van der Waals surface area contributed by atoms with Crippen molar-refractivity contribution in [3.8, 4) is 5.69 Å². The van der Waals surface area contributed by atoms with Crippen LogP contribution in [0.25, 0.3) is 5.69 Å². The van der Waals surface area contributed by atoms with Gasteiger partial charge in [-0.15, -0.1) is 10.2 Å². The van der Waals surface area contributed by atoms with Gasteiger partial charge in [0.2, 0.25) is 5.91 Å². The van der Waals surface area contributed by atoms with Gasteiger partial charge in [0.25, 0.3) is 5.69 Å². The zero-order chi connectivity index (χ0) is 32.6. The molecule has 0 fully saturated rings. The van der Waals surface area contributed by atoms with Crippen LogP contribution in [0.4, 0.5) is 10.1 Å². The van der Waals surface area contributed by atoms with Crippen molar-refractivity contribution < 1.29 is 14.1 Å². The SMILES string of the molecule is O=C(NC(Cc1ccccc1)c1nnc(SCc2ccc(F)cc2)n1-c1ccc([N+](=O)[O-])cc1)C(c1ccccc1)c1ccccc1. The summed E-state index contributed by atoms with van der Waals surface area (Å²) >= 11 is 1.40. The van der Waals surface area contributed by atoms with E-state index in [0.717, 1.165) is 22.3 Å². The fourth-order valence-electron chi connectivity index (χ4n) is 5.39. The largest absolute Gasteiger partial charge is 0.345 e. The second-order valence-corrected chi connectivity index (χ2v) is 11.8. The Labute approximate surface area is 275 Å². The van der Waals surface area contributed by atoms with Gasteiger partial charge in [0.05, 0.1) is 16.9 Å². The lowest BCUT2D eigenvalue weighted by molar-refractivity contribution is -0.384. The molecule has 1 amide bonds. The first kappa shape index (κ1) is 31.4. The molecule has 6 aromatic rings. The fourth-order valence-corrected chi connectivity index (χ4v) is 6.31.